The Morgan fingerprint density at radius 1 is 1.00 bits per heavy atom. The lowest BCUT2D eigenvalue weighted by molar-refractivity contribution is 0.295. The number of nitrogens with zero attached hydrogens (tertiary/aromatic N) is 4. The monoisotopic (exact) mass is 432 g/mol. The summed E-state index contributed by atoms with van der Waals surface area (Å²) in [5.74, 6) is -1.66. The van der Waals surface area contributed by atoms with Gasteiger partial charge in [-0.05, 0) is 52.4 Å². The summed E-state index contributed by atoms with van der Waals surface area (Å²) < 4.78 is 43.9. The molecule has 1 aromatic carbocycles. The first kappa shape index (κ1) is 21.4. The molecule has 3 aromatic rings. The molecule has 9 heteroatoms. The van der Waals surface area contributed by atoms with Gasteiger partial charge in [0.05, 0.1) is 6.20 Å². The zero-order valence-corrected chi connectivity index (χ0v) is 18.1. The van der Waals surface area contributed by atoms with Crippen molar-refractivity contribution in [3.05, 3.63) is 35.8 Å². The van der Waals surface area contributed by atoms with Gasteiger partial charge in [-0.25, -0.2) is 23.1 Å². The largest absolute Gasteiger partial charge is 0.350 e. The van der Waals surface area contributed by atoms with E-state index in [2.05, 4.69) is 32.5 Å². The van der Waals surface area contributed by atoms with Gasteiger partial charge in [0, 0.05) is 23.7 Å². The van der Waals surface area contributed by atoms with Crippen LogP contribution in [0.25, 0.3) is 11.2 Å². The maximum atomic E-state index is 14.3. The van der Waals surface area contributed by atoms with Gasteiger partial charge in [0.2, 0.25) is 11.9 Å². The van der Waals surface area contributed by atoms with Crippen molar-refractivity contribution >= 4 is 28.7 Å². The fraction of sp³-hybridized carbons (Fsp3) is 0.500. The Kier molecular flexibility index (Phi) is 5.53. The highest BCUT2D eigenvalue weighted by atomic mass is 19.1. The van der Waals surface area contributed by atoms with Crippen LogP contribution in [-0.4, -0.2) is 25.1 Å². The molecule has 6 nitrogen and oxygen atoms in total. The normalized spacial score (nSPS) is 19.6. The number of halogens is 3. The van der Waals surface area contributed by atoms with Gasteiger partial charge in [-0.1, -0.05) is 6.92 Å². The summed E-state index contributed by atoms with van der Waals surface area (Å²) in [6, 6.07) is 1.37. The number of benzene rings is 1. The predicted molar refractivity (Wildman–Crippen MR) is 115 cm³/mol. The molecular weight excluding hydrogens is 405 g/mol. The molecule has 0 unspecified atom stereocenters. The van der Waals surface area contributed by atoms with Gasteiger partial charge in [0.25, 0.3) is 0 Å². The van der Waals surface area contributed by atoms with Crippen LogP contribution in [0.4, 0.5) is 30.8 Å². The van der Waals surface area contributed by atoms with Crippen LogP contribution >= 0.6 is 0 Å². The van der Waals surface area contributed by atoms with E-state index in [0.29, 0.717) is 35.2 Å². The zero-order valence-electron chi connectivity index (χ0n) is 18.1. The number of rotatable bonds is 4. The molecule has 31 heavy (non-hydrogen) atoms. The van der Waals surface area contributed by atoms with Crippen molar-refractivity contribution in [2.24, 2.45) is 5.92 Å². The number of fused-ring (bicyclic) bond motifs is 1. The third-order valence-electron chi connectivity index (χ3n) is 5.51. The van der Waals surface area contributed by atoms with Crippen molar-refractivity contribution in [3.63, 3.8) is 0 Å². The topological polar surface area (TPSA) is 67.7 Å². The van der Waals surface area contributed by atoms with E-state index in [-0.39, 0.29) is 17.5 Å². The van der Waals surface area contributed by atoms with Gasteiger partial charge in [0.1, 0.15) is 17.0 Å². The van der Waals surface area contributed by atoms with Crippen LogP contribution in [0.2, 0.25) is 0 Å². The minimum atomic E-state index is -1.02. The lowest BCUT2D eigenvalue weighted by Crippen LogP contribution is -2.27. The Bertz CT molecular complexity index is 1070. The number of anilines is 3. The molecule has 0 amide bonds. The van der Waals surface area contributed by atoms with E-state index in [0.717, 1.165) is 25.7 Å². The van der Waals surface area contributed by atoms with Crippen LogP contribution in [0, 0.1) is 23.4 Å². The van der Waals surface area contributed by atoms with E-state index >= 15 is 0 Å². The summed E-state index contributed by atoms with van der Waals surface area (Å²) in [5.41, 5.74) is 0.429. The van der Waals surface area contributed by atoms with Gasteiger partial charge in [-0.3, -0.25) is 4.57 Å². The summed E-state index contributed by atoms with van der Waals surface area (Å²) in [5, 5.41) is 6.00. The first-order chi connectivity index (χ1) is 14.6. The molecule has 1 fully saturated rings. The maximum absolute atomic E-state index is 14.3. The second-order valence-corrected chi connectivity index (χ2v) is 9.37. The van der Waals surface area contributed by atoms with Crippen LogP contribution in [0.1, 0.15) is 59.4 Å². The SMILES string of the molecule is CC1CCC(n2c(Nc3c(F)cc(F)cc3F)nc3cnc(NC(C)(C)C)nc32)CC1. The first-order valence-electron chi connectivity index (χ1n) is 10.6. The van der Waals surface area contributed by atoms with Crippen molar-refractivity contribution < 1.29 is 13.2 Å². The molecule has 0 saturated heterocycles. The Morgan fingerprint density at radius 3 is 2.26 bits per heavy atom. The van der Waals surface area contributed by atoms with Crippen molar-refractivity contribution in [1.82, 2.24) is 19.5 Å². The van der Waals surface area contributed by atoms with Crippen LogP contribution in [-0.2, 0) is 0 Å². The molecule has 0 atom stereocenters. The standard InChI is InChI=1S/C22H27F3N6/c1-12-5-7-14(8-6-12)31-19-17(11-26-20(29-19)30-22(2,3)4)27-21(31)28-18-15(24)9-13(23)10-16(18)25/h9-12,14H,5-8H2,1-4H3,(H,27,28)(H,26,29,30). The number of aromatic nitrogens is 4. The number of imidazole rings is 1. The minimum absolute atomic E-state index is 0.0765. The molecule has 4 rings (SSSR count). The fourth-order valence-corrected chi connectivity index (χ4v) is 3.99. The zero-order chi connectivity index (χ0) is 22.3. The highest BCUT2D eigenvalue weighted by molar-refractivity contribution is 5.76. The van der Waals surface area contributed by atoms with Crippen LogP contribution < -0.4 is 10.6 Å². The Hall–Kier alpha value is -2.84. The third-order valence-corrected chi connectivity index (χ3v) is 5.51. The number of hydrogen-bond acceptors (Lipinski definition) is 5. The molecule has 0 bridgehead atoms. The Labute approximate surface area is 179 Å². The highest BCUT2D eigenvalue weighted by Gasteiger charge is 2.27. The highest BCUT2D eigenvalue weighted by Crippen LogP contribution is 2.37. The van der Waals surface area contributed by atoms with E-state index in [1.165, 1.54) is 0 Å². The molecule has 1 aliphatic rings. The predicted octanol–water partition coefficient (Wildman–Crippen LogP) is 5.95. The second-order valence-electron chi connectivity index (χ2n) is 9.37. The van der Waals surface area contributed by atoms with E-state index < -0.39 is 23.1 Å². The fourth-order valence-electron chi connectivity index (χ4n) is 3.99. The molecule has 1 saturated carbocycles. The summed E-state index contributed by atoms with van der Waals surface area (Å²) in [6.45, 7) is 8.24. The van der Waals surface area contributed by atoms with Gasteiger partial charge in [-0.2, -0.15) is 4.98 Å². The summed E-state index contributed by atoms with van der Waals surface area (Å²) in [7, 11) is 0. The van der Waals surface area contributed by atoms with Gasteiger partial charge in [0.15, 0.2) is 17.3 Å². The molecule has 0 spiro atoms. The van der Waals surface area contributed by atoms with E-state index in [9.17, 15) is 13.2 Å². The summed E-state index contributed by atoms with van der Waals surface area (Å²) in [4.78, 5) is 13.5. The van der Waals surface area contributed by atoms with Crippen molar-refractivity contribution in [2.75, 3.05) is 10.6 Å². The first-order valence-corrected chi connectivity index (χ1v) is 10.6. The molecule has 2 heterocycles. The number of nitrogens with one attached hydrogen (secondary N) is 2. The van der Waals surface area contributed by atoms with Crippen molar-refractivity contribution in [2.45, 2.75) is 65.0 Å². The van der Waals surface area contributed by atoms with Gasteiger partial charge >= 0.3 is 0 Å². The van der Waals surface area contributed by atoms with Gasteiger partial charge in [-0.15, -0.1) is 0 Å². The molecule has 2 aromatic heterocycles. The molecular formula is C22H27F3N6. The quantitative estimate of drug-likeness (QED) is 0.533. The minimum Gasteiger partial charge on any atom is -0.350 e. The molecule has 166 valence electrons. The lowest BCUT2D eigenvalue weighted by Gasteiger charge is -2.28. The molecule has 0 radical (unpaired) electrons. The van der Waals surface area contributed by atoms with Crippen LogP contribution in [0.5, 0.6) is 0 Å². The Balaban J connectivity index is 1.81. The second kappa shape index (κ2) is 8.01. The van der Waals surface area contributed by atoms with E-state index in [1.54, 1.807) is 6.20 Å². The molecule has 0 aliphatic heterocycles. The summed E-state index contributed by atoms with van der Waals surface area (Å²) >= 11 is 0. The van der Waals surface area contributed by atoms with Crippen LogP contribution in [0.15, 0.2) is 18.3 Å². The average molecular weight is 432 g/mol. The van der Waals surface area contributed by atoms with Crippen molar-refractivity contribution in [1.29, 1.82) is 0 Å². The van der Waals surface area contributed by atoms with E-state index in [1.807, 2.05) is 25.3 Å². The van der Waals surface area contributed by atoms with Crippen molar-refractivity contribution in [3.8, 4) is 0 Å². The smallest absolute Gasteiger partial charge is 0.225 e. The summed E-state index contributed by atoms with van der Waals surface area (Å²) in [6.07, 6.45) is 5.49. The average Bonchev–Trinajstić information content (AvgIpc) is 3.01. The third kappa shape index (κ3) is 4.60. The molecule has 1 aliphatic carbocycles. The Morgan fingerprint density at radius 2 is 1.65 bits per heavy atom. The van der Waals surface area contributed by atoms with E-state index in [4.69, 9.17) is 0 Å². The maximum Gasteiger partial charge on any atom is 0.225 e. The number of hydrogen-bond donors (Lipinski definition) is 2. The lowest BCUT2D eigenvalue weighted by atomic mass is 9.87. The van der Waals surface area contributed by atoms with Crippen LogP contribution in [0.3, 0.4) is 0 Å². The van der Waals surface area contributed by atoms with Gasteiger partial charge < -0.3 is 10.6 Å². The molecule has 2 N–H and O–H groups in total.